The van der Waals surface area contributed by atoms with Crippen molar-refractivity contribution in [3.63, 3.8) is 0 Å². The number of benzene rings is 1. The maximum absolute atomic E-state index is 12.6. The molecule has 0 bridgehead atoms. The number of anilines is 2. The van der Waals surface area contributed by atoms with Crippen molar-refractivity contribution in [3.05, 3.63) is 41.6 Å². The summed E-state index contributed by atoms with van der Waals surface area (Å²) < 4.78 is 0. The fourth-order valence-electron chi connectivity index (χ4n) is 2.88. The van der Waals surface area contributed by atoms with Crippen molar-refractivity contribution < 1.29 is 4.79 Å². The van der Waals surface area contributed by atoms with Gasteiger partial charge in [-0.2, -0.15) is 15.6 Å². The number of rotatable bonds is 8. The van der Waals surface area contributed by atoms with Crippen molar-refractivity contribution in [2.45, 2.75) is 38.1 Å². The zero-order chi connectivity index (χ0) is 18.4. The van der Waals surface area contributed by atoms with Crippen LogP contribution in [0.2, 0.25) is 0 Å². The fourth-order valence-corrected chi connectivity index (χ4v) is 2.88. The molecule has 1 aromatic carbocycles. The Hall–Kier alpha value is -3.32. The largest absolute Gasteiger partial charge is 0.348 e. The highest BCUT2D eigenvalue weighted by molar-refractivity contribution is 5.99. The summed E-state index contributed by atoms with van der Waals surface area (Å²) in [5, 5.41) is 30.6. The van der Waals surface area contributed by atoms with Crippen molar-refractivity contribution in [1.29, 1.82) is 10.5 Å². The highest BCUT2D eigenvalue weighted by Crippen LogP contribution is 2.34. The van der Waals surface area contributed by atoms with E-state index in [0.717, 1.165) is 24.1 Å². The summed E-state index contributed by atoms with van der Waals surface area (Å²) in [6.45, 7) is 0. The molecule has 1 aliphatic rings. The molecule has 0 saturated heterocycles. The molecule has 132 valence electrons. The number of nitrogens with zero attached hydrogens (tertiary/aromatic N) is 3. The van der Waals surface area contributed by atoms with Crippen molar-refractivity contribution in [1.82, 2.24) is 15.5 Å². The monoisotopic (exact) mass is 348 g/mol. The van der Waals surface area contributed by atoms with E-state index < -0.39 is 0 Å². The lowest BCUT2D eigenvalue weighted by Crippen LogP contribution is -2.36. The van der Waals surface area contributed by atoms with E-state index in [4.69, 9.17) is 10.5 Å². The SMILES string of the molecule is N#CCCc1cccc(Nc2[nH]ncc2C(=O)NC(CC#N)C2CC2)c1. The molecular weight excluding hydrogens is 328 g/mol. The lowest BCUT2D eigenvalue weighted by Gasteiger charge is -2.15. The Labute approximate surface area is 152 Å². The van der Waals surface area contributed by atoms with Gasteiger partial charge in [0.1, 0.15) is 11.4 Å². The van der Waals surface area contributed by atoms with Crippen LogP contribution in [0.1, 0.15) is 41.6 Å². The molecule has 7 heteroatoms. The number of hydrogen-bond donors (Lipinski definition) is 3. The molecule has 1 heterocycles. The van der Waals surface area contributed by atoms with Gasteiger partial charge in [-0.05, 0) is 42.9 Å². The average Bonchev–Trinajstić information content (AvgIpc) is 3.39. The molecule has 1 aromatic heterocycles. The van der Waals surface area contributed by atoms with Crippen LogP contribution in [0, 0.1) is 28.6 Å². The predicted octanol–water partition coefficient (Wildman–Crippen LogP) is 3.03. The first-order valence-corrected chi connectivity index (χ1v) is 8.65. The molecule has 1 saturated carbocycles. The van der Waals surface area contributed by atoms with Crippen LogP contribution < -0.4 is 10.6 Å². The number of nitriles is 2. The molecule has 1 amide bonds. The van der Waals surface area contributed by atoms with Gasteiger partial charge in [0.05, 0.1) is 24.8 Å². The Kier molecular flexibility index (Phi) is 5.50. The van der Waals surface area contributed by atoms with Crippen LogP contribution >= 0.6 is 0 Å². The number of carbonyl (C=O) groups is 1. The molecule has 1 fully saturated rings. The van der Waals surface area contributed by atoms with Gasteiger partial charge in [-0.1, -0.05) is 12.1 Å². The minimum atomic E-state index is -0.242. The maximum atomic E-state index is 12.6. The molecule has 0 aliphatic heterocycles. The normalized spacial score (nSPS) is 14.1. The molecule has 1 atom stereocenters. The quantitative estimate of drug-likeness (QED) is 0.678. The zero-order valence-electron chi connectivity index (χ0n) is 14.3. The van der Waals surface area contributed by atoms with Gasteiger partial charge in [-0.25, -0.2) is 0 Å². The van der Waals surface area contributed by atoms with Crippen LogP contribution in [0.4, 0.5) is 11.5 Å². The van der Waals surface area contributed by atoms with E-state index in [9.17, 15) is 4.79 Å². The maximum Gasteiger partial charge on any atom is 0.256 e. The second-order valence-corrected chi connectivity index (χ2v) is 6.42. The molecule has 1 unspecified atom stereocenters. The number of nitrogens with one attached hydrogen (secondary N) is 3. The first-order valence-electron chi connectivity index (χ1n) is 8.65. The minimum Gasteiger partial charge on any atom is -0.348 e. The summed E-state index contributed by atoms with van der Waals surface area (Å²) in [7, 11) is 0. The molecule has 3 rings (SSSR count). The van der Waals surface area contributed by atoms with Gasteiger partial charge >= 0.3 is 0 Å². The number of aromatic nitrogens is 2. The van der Waals surface area contributed by atoms with E-state index in [1.165, 1.54) is 6.20 Å². The average molecular weight is 348 g/mol. The van der Waals surface area contributed by atoms with Crippen LogP contribution in [0.3, 0.4) is 0 Å². The number of aryl methyl sites for hydroxylation is 1. The van der Waals surface area contributed by atoms with Crippen molar-refractivity contribution in [2.24, 2.45) is 5.92 Å². The smallest absolute Gasteiger partial charge is 0.256 e. The van der Waals surface area contributed by atoms with Gasteiger partial charge in [0.15, 0.2) is 0 Å². The Morgan fingerprint density at radius 1 is 1.35 bits per heavy atom. The molecule has 3 N–H and O–H groups in total. The second kappa shape index (κ2) is 8.17. The first kappa shape index (κ1) is 17.5. The summed E-state index contributed by atoms with van der Waals surface area (Å²) in [5.41, 5.74) is 2.27. The van der Waals surface area contributed by atoms with Crippen LogP contribution in [-0.4, -0.2) is 22.1 Å². The van der Waals surface area contributed by atoms with Crippen LogP contribution in [0.25, 0.3) is 0 Å². The number of carbonyl (C=O) groups excluding carboxylic acids is 1. The fraction of sp³-hybridized carbons (Fsp3) is 0.368. The Morgan fingerprint density at radius 3 is 2.92 bits per heavy atom. The summed E-state index contributed by atoms with van der Waals surface area (Å²) in [5.74, 6) is 0.666. The number of hydrogen-bond acceptors (Lipinski definition) is 5. The topological polar surface area (TPSA) is 117 Å². The van der Waals surface area contributed by atoms with Gasteiger partial charge in [0.25, 0.3) is 5.91 Å². The first-order chi connectivity index (χ1) is 12.7. The van der Waals surface area contributed by atoms with E-state index in [2.05, 4.69) is 33.0 Å². The van der Waals surface area contributed by atoms with Crippen molar-refractivity contribution in [3.8, 4) is 12.1 Å². The van der Waals surface area contributed by atoms with Crippen LogP contribution in [0.15, 0.2) is 30.5 Å². The Bertz CT molecular complexity index is 855. The number of aromatic amines is 1. The third kappa shape index (κ3) is 4.40. The third-order valence-corrected chi connectivity index (χ3v) is 4.42. The zero-order valence-corrected chi connectivity index (χ0v) is 14.3. The molecule has 1 aliphatic carbocycles. The van der Waals surface area contributed by atoms with Crippen molar-refractivity contribution in [2.75, 3.05) is 5.32 Å². The second-order valence-electron chi connectivity index (χ2n) is 6.42. The van der Waals surface area contributed by atoms with Gasteiger partial charge in [-0.3, -0.25) is 9.89 Å². The molecule has 0 spiro atoms. The van der Waals surface area contributed by atoms with Gasteiger partial charge in [0.2, 0.25) is 0 Å². The third-order valence-electron chi connectivity index (χ3n) is 4.42. The van der Waals surface area contributed by atoms with E-state index >= 15 is 0 Å². The predicted molar refractivity (Wildman–Crippen MR) is 96.5 cm³/mol. The van der Waals surface area contributed by atoms with Gasteiger partial charge in [0, 0.05) is 18.2 Å². The van der Waals surface area contributed by atoms with E-state index in [1.54, 1.807) is 0 Å². The summed E-state index contributed by atoms with van der Waals surface area (Å²) in [4.78, 5) is 12.6. The van der Waals surface area contributed by atoms with E-state index in [-0.39, 0.29) is 11.9 Å². The summed E-state index contributed by atoms with van der Waals surface area (Å²) in [6, 6.07) is 11.9. The molecule has 26 heavy (non-hydrogen) atoms. The lowest BCUT2D eigenvalue weighted by molar-refractivity contribution is 0.0934. The number of amides is 1. The summed E-state index contributed by atoms with van der Waals surface area (Å²) in [6.07, 6.45) is 5.05. The minimum absolute atomic E-state index is 0.107. The molecular formula is C19H20N6O. The lowest BCUT2D eigenvalue weighted by atomic mass is 10.1. The number of H-pyrrole nitrogens is 1. The van der Waals surface area contributed by atoms with E-state index in [0.29, 0.717) is 36.6 Å². The van der Waals surface area contributed by atoms with Gasteiger partial charge < -0.3 is 10.6 Å². The Balaban J connectivity index is 1.69. The van der Waals surface area contributed by atoms with Crippen LogP contribution in [0.5, 0.6) is 0 Å². The van der Waals surface area contributed by atoms with E-state index in [1.807, 2.05) is 24.3 Å². The Morgan fingerprint density at radius 2 is 2.19 bits per heavy atom. The highest BCUT2D eigenvalue weighted by atomic mass is 16.1. The standard InChI is InChI=1S/C19H20N6O/c20-9-2-4-13-3-1-5-15(11-13)23-18-16(12-22-25-18)19(26)24-17(8-10-21)14-6-7-14/h1,3,5,11-12,14,17H,2,4,6-8H2,(H,24,26)(H2,22,23,25). The highest BCUT2D eigenvalue weighted by Gasteiger charge is 2.32. The molecule has 7 nitrogen and oxygen atoms in total. The summed E-state index contributed by atoms with van der Waals surface area (Å²) >= 11 is 0. The molecule has 0 radical (unpaired) electrons. The molecule has 2 aromatic rings. The van der Waals surface area contributed by atoms with Gasteiger partial charge in [-0.15, -0.1) is 0 Å². The van der Waals surface area contributed by atoms with Crippen LogP contribution in [-0.2, 0) is 6.42 Å². The van der Waals surface area contributed by atoms with Crippen molar-refractivity contribution >= 4 is 17.4 Å².